The van der Waals surface area contributed by atoms with E-state index in [1.165, 1.54) is 0 Å². The van der Waals surface area contributed by atoms with Crippen LogP contribution in [0.4, 0.5) is 5.69 Å². The number of aliphatic hydroxyl groups excluding tert-OH is 1. The first kappa shape index (κ1) is 16.3. The fraction of sp³-hybridized carbons (Fsp3) is 0.600. The smallest absolute Gasteiger partial charge is 0.240 e. The second-order valence-electron chi connectivity index (χ2n) is 5.53. The Kier molecular flexibility index (Phi) is 5.61. The number of nitrogens with zero attached hydrogens (tertiary/aromatic N) is 1. The lowest BCUT2D eigenvalue weighted by Gasteiger charge is -2.33. The standard InChI is InChI=1S/C15H24N2O3S/c1-2-9-16-21(19,20)15-7-5-14(6-8-15)17-10-3-4-13(11-17)12-18/h5-8,13,16,18H,2-4,9-12H2,1H3. The molecule has 0 aliphatic carbocycles. The average molecular weight is 312 g/mol. The maximum absolute atomic E-state index is 12.0. The first-order chi connectivity index (χ1) is 10.1. The molecule has 1 heterocycles. The molecule has 2 rings (SSSR count). The van der Waals surface area contributed by atoms with Gasteiger partial charge in [-0.25, -0.2) is 13.1 Å². The van der Waals surface area contributed by atoms with Crippen molar-refractivity contribution in [1.29, 1.82) is 0 Å². The van der Waals surface area contributed by atoms with Crippen molar-refractivity contribution in [2.45, 2.75) is 31.1 Å². The van der Waals surface area contributed by atoms with Crippen LogP contribution in [0, 0.1) is 5.92 Å². The van der Waals surface area contributed by atoms with Crippen molar-refractivity contribution in [3.63, 3.8) is 0 Å². The molecule has 0 amide bonds. The number of benzene rings is 1. The van der Waals surface area contributed by atoms with E-state index >= 15 is 0 Å². The molecular formula is C15H24N2O3S. The topological polar surface area (TPSA) is 69.6 Å². The number of hydrogen-bond donors (Lipinski definition) is 2. The molecule has 0 spiro atoms. The minimum absolute atomic E-state index is 0.212. The molecular weight excluding hydrogens is 288 g/mol. The maximum Gasteiger partial charge on any atom is 0.240 e. The fourth-order valence-corrected chi connectivity index (χ4v) is 3.74. The van der Waals surface area contributed by atoms with Crippen LogP contribution in [0.1, 0.15) is 26.2 Å². The van der Waals surface area contributed by atoms with Gasteiger partial charge in [-0.3, -0.25) is 0 Å². The minimum atomic E-state index is -3.39. The Bertz CT molecular complexity index is 543. The van der Waals surface area contributed by atoms with Crippen LogP contribution >= 0.6 is 0 Å². The van der Waals surface area contributed by atoms with Crippen LogP contribution in [0.15, 0.2) is 29.2 Å². The minimum Gasteiger partial charge on any atom is -0.396 e. The van der Waals surface area contributed by atoms with Crippen LogP contribution < -0.4 is 9.62 Å². The molecule has 0 bridgehead atoms. The van der Waals surface area contributed by atoms with Gasteiger partial charge >= 0.3 is 0 Å². The Morgan fingerprint density at radius 2 is 2.05 bits per heavy atom. The van der Waals surface area contributed by atoms with Gasteiger partial charge in [0, 0.05) is 31.9 Å². The molecule has 5 nitrogen and oxygen atoms in total. The summed E-state index contributed by atoms with van der Waals surface area (Å²) in [4.78, 5) is 2.51. The van der Waals surface area contributed by atoms with Crippen LogP contribution in [0.25, 0.3) is 0 Å². The van der Waals surface area contributed by atoms with E-state index in [-0.39, 0.29) is 6.61 Å². The zero-order valence-electron chi connectivity index (χ0n) is 12.5. The summed E-state index contributed by atoms with van der Waals surface area (Å²) < 4.78 is 26.6. The molecule has 1 aromatic rings. The highest BCUT2D eigenvalue weighted by atomic mass is 32.2. The maximum atomic E-state index is 12.0. The second kappa shape index (κ2) is 7.24. The number of anilines is 1. The molecule has 6 heteroatoms. The SMILES string of the molecule is CCCNS(=O)(=O)c1ccc(N2CCCC(CO)C2)cc1. The number of nitrogens with one attached hydrogen (secondary N) is 1. The lowest BCUT2D eigenvalue weighted by molar-refractivity contribution is 0.209. The lowest BCUT2D eigenvalue weighted by Crippen LogP contribution is -2.36. The van der Waals surface area contributed by atoms with Crippen LogP contribution in [-0.2, 0) is 10.0 Å². The molecule has 1 aliphatic rings. The highest BCUT2D eigenvalue weighted by Crippen LogP contribution is 2.24. The van der Waals surface area contributed by atoms with Crippen molar-refractivity contribution in [3.8, 4) is 0 Å². The first-order valence-electron chi connectivity index (χ1n) is 7.52. The van der Waals surface area contributed by atoms with Crippen molar-refractivity contribution < 1.29 is 13.5 Å². The Morgan fingerprint density at radius 3 is 2.67 bits per heavy atom. The third-order valence-electron chi connectivity index (χ3n) is 3.83. The van der Waals surface area contributed by atoms with Crippen LogP contribution in [0.3, 0.4) is 0 Å². The summed E-state index contributed by atoms with van der Waals surface area (Å²) >= 11 is 0. The summed E-state index contributed by atoms with van der Waals surface area (Å²) in [5.74, 6) is 0.313. The van der Waals surface area contributed by atoms with Crippen molar-refractivity contribution in [3.05, 3.63) is 24.3 Å². The molecule has 1 fully saturated rings. The second-order valence-corrected chi connectivity index (χ2v) is 7.30. The molecule has 1 unspecified atom stereocenters. The zero-order valence-corrected chi connectivity index (χ0v) is 13.3. The third-order valence-corrected chi connectivity index (χ3v) is 5.31. The van der Waals surface area contributed by atoms with E-state index in [1.54, 1.807) is 12.1 Å². The number of sulfonamides is 1. The summed E-state index contributed by atoms with van der Waals surface area (Å²) in [7, 11) is -3.39. The molecule has 1 aliphatic heterocycles. The van der Waals surface area contributed by atoms with E-state index < -0.39 is 10.0 Å². The van der Waals surface area contributed by atoms with Gasteiger partial charge in [0.1, 0.15) is 0 Å². The highest BCUT2D eigenvalue weighted by molar-refractivity contribution is 7.89. The Hall–Kier alpha value is -1.11. The Labute approximate surface area is 127 Å². The largest absolute Gasteiger partial charge is 0.396 e. The van der Waals surface area contributed by atoms with Crippen LogP contribution in [0.2, 0.25) is 0 Å². The summed E-state index contributed by atoms with van der Waals surface area (Å²) in [6.45, 7) is 4.38. The molecule has 21 heavy (non-hydrogen) atoms. The molecule has 0 saturated carbocycles. The van der Waals surface area contributed by atoms with Gasteiger partial charge in [-0.1, -0.05) is 6.92 Å². The summed E-state index contributed by atoms with van der Waals surface area (Å²) in [5.41, 5.74) is 1.02. The normalized spacial score (nSPS) is 19.7. The van der Waals surface area contributed by atoms with Gasteiger partial charge in [0.25, 0.3) is 0 Å². The van der Waals surface area contributed by atoms with Gasteiger partial charge < -0.3 is 10.0 Å². The van der Waals surface area contributed by atoms with Gasteiger partial charge in [0.2, 0.25) is 10.0 Å². The third kappa shape index (κ3) is 4.18. The van der Waals surface area contributed by atoms with Crippen molar-refractivity contribution in [2.75, 3.05) is 31.1 Å². The van der Waals surface area contributed by atoms with Crippen molar-refractivity contribution in [2.24, 2.45) is 5.92 Å². The molecule has 0 radical (unpaired) electrons. The monoisotopic (exact) mass is 312 g/mol. The summed E-state index contributed by atoms with van der Waals surface area (Å²) in [6.07, 6.45) is 2.89. The van der Waals surface area contributed by atoms with Crippen LogP contribution in [-0.4, -0.2) is 39.8 Å². The lowest BCUT2D eigenvalue weighted by atomic mass is 9.98. The van der Waals surface area contributed by atoms with E-state index in [0.717, 1.165) is 38.0 Å². The van der Waals surface area contributed by atoms with Gasteiger partial charge in [0.15, 0.2) is 0 Å². The summed E-state index contributed by atoms with van der Waals surface area (Å²) in [6, 6.07) is 6.99. The zero-order chi connectivity index (χ0) is 15.3. The molecule has 1 saturated heterocycles. The Balaban J connectivity index is 2.08. The quantitative estimate of drug-likeness (QED) is 0.837. The average Bonchev–Trinajstić information content (AvgIpc) is 2.53. The van der Waals surface area contributed by atoms with Gasteiger partial charge in [-0.05, 0) is 49.4 Å². The fourth-order valence-electron chi connectivity index (χ4n) is 2.60. The van der Waals surface area contributed by atoms with E-state index in [1.807, 2.05) is 19.1 Å². The predicted molar refractivity (Wildman–Crippen MR) is 83.9 cm³/mol. The van der Waals surface area contributed by atoms with E-state index in [0.29, 0.717) is 17.4 Å². The molecule has 1 atom stereocenters. The molecule has 118 valence electrons. The number of aliphatic hydroxyl groups is 1. The van der Waals surface area contributed by atoms with Gasteiger partial charge in [0.05, 0.1) is 4.90 Å². The molecule has 2 N–H and O–H groups in total. The molecule has 1 aromatic carbocycles. The van der Waals surface area contributed by atoms with E-state index in [9.17, 15) is 13.5 Å². The number of piperidine rings is 1. The number of hydrogen-bond acceptors (Lipinski definition) is 4. The van der Waals surface area contributed by atoms with Crippen LogP contribution in [0.5, 0.6) is 0 Å². The van der Waals surface area contributed by atoms with E-state index in [4.69, 9.17) is 0 Å². The highest BCUT2D eigenvalue weighted by Gasteiger charge is 2.20. The first-order valence-corrected chi connectivity index (χ1v) is 9.00. The predicted octanol–water partition coefficient (Wildman–Crippen LogP) is 1.58. The Morgan fingerprint density at radius 1 is 1.33 bits per heavy atom. The molecule has 0 aromatic heterocycles. The number of rotatable bonds is 6. The van der Waals surface area contributed by atoms with Crippen molar-refractivity contribution >= 4 is 15.7 Å². The van der Waals surface area contributed by atoms with E-state index in [2.05, 4.69) is 9.62 Å². The van der Waals surface area contributed by atoms with Gasteiger partial charge in [-0.2, -0.15) is 0 Å². The van der Waals surface area contributed by atoms with Gasteiger partial charge in [-0.15, -0.1) is 0 Å². The van der Waals surface area contributed by atoms with Crippen molar-refractivity contribution in [1.82, 2.24) is 4.72 Å². The summed E-state index contributed by atoms with van der Waals surface area (Å²) in [5, 5.41) is 9.27.